The molecule has 1 N–H and O–H groups in total. The fourth-order valence-electron chi connectivity index (χ4n) is 2.46. The third-order valence-electron chi connectivity index (χ3n) is 3.71. The van der Waals surface area contributed by atoms with Crippen LogP contribution >= 0.6 is 11.6 Å². The van der Waals surface area contributed by atoms with Gasteiger partial charge in [0.25, 0.3) is 5.91 Å². The molecule has 2 aromatic carbocycles. The lowest BCUT2D eigenvalue weighted by molar-refractivity contribution is -0.137. The van der Waals surface area contributed by atoms with Gasteiger partial charge >= 0.3 is 6.18 Å². The lowest BCUT2D eigenvalue weighted by Crippen LogP contribution is -2.20. The number of alkyl halides is 3. The number of anilines is 1. The van der Waals surface area contributed by atoms with E-state index in [9.17, 15) is 18.0 Å². The smallest absolute Gasteiger partial charge is 0.307 e. The Morgan fingerprint density at radius 1 is 1.08 bits per heavy atom. The molecule has 134 valence electrons. The second-order valence-corrected chi connectivity index (χ2v) is 5.87. The molecule has 0 spiro atoms. The highest BCUT2D eigenvalue weighted by Gasteiger charge is 2.34. The molecule has 3 aromatic rings. The summed E-state index contributed by atoms with van der Waals surface area (Å²) in [5, 5.41) is 7.10. The van der Waals surface area contributed by atoms with E-state index in [1.165, 1.54) is 29.1 Å². The van der Waals surface area contributed by atoms with E-state index in [1.807, 2.05) is 6.07 Å². The average Bonchev–Trinajstić information content (AvgIpc) is 3.03. The number of nitrogens with one attached hydrogen (secondary N) is 1. The van der Waals surface area contributed by atoms with Crippen molar-refractivity contribution in [2.24, 2.45) is 0 Å². The van der Waals surface area contributed by atoms with E-state index in [1.54, 1.807) is 18.2 Å². The molecule has 1 heterocycles. The number of carbonyl (C=O) groups is 1. The minimum Gasteiger partial charge on any atom is -0.307 e. The molecule has 0 atom stereocenters. The molecule has 4 nitrogen and oxygen atoms in total. The SMILES string of the molecule is O=C(Nc1ccnn1Cc1ccccc1Cl)c1ccccc1C(F)(F)F. The molecular formula is C18H13ClF3N3O. The van der Waals surface area contributed by atoms with E-state index in [-0.39, 0.29) is 12.4 Å². The minimum absolute atomic E-state index is 0.267. The Labute approximate surface area is 152 Å². The Morgan fingerprint density at radius 3 is 2.50 bits per heavy atom. The number of hydrogen-bond acceptors (Lipinski definition) is 2. The number of aromatic nitrogens is 2. The lowest BCUT2D eigenvalue weighted by Gasteiger charge is -2.13. The van der Waals surface area contributed by atoms with Crippen LogP contribution in [0.15, 0.2) is 60.8 Å². The Bertz CT molecular complexity index is 937. The minimum atomic E-state index is -4.62. The van der Waals surface area contributed by atoms with Crippen LogP contribution in [-0.4, -0.2) is 15.7 Å². The van der Waals surface area contributed by atoms with E-state index in [0.29, 0.717) is 5.02 Å². The maximum Gasteiger partial charge on any atom is 0.417 e. The molecule has 0 aliphatic carbocycles. The van der Waals surface area contributed by atoms with Gasteiger partial charge in [-0.15, -0.1) is 0 Å². The lowest BCUT2D eigenvalue weighted by atomic mass is 10.1. The molecule has 3 rings (SSSR count). The van der Waals surface area contributed by atoms with Gasteiger partial charge in [-0.3, -0.25) is 4.79 Å². The summed E-state index contributed by atoms with van der Waals surface area (Å²) in [6.45, 7) is 0.267. The van der Waals surface area contributed by atoms with Crippen molar-refractivity contribution in [2.75, 3.05) is 5.32 Å². The summed E-state index contributed by atoms with van der Waals surface area (Å²) >= 11 is 6.11. The number of halogens is 4. The molecule has 0 aliphatic rings. The van der Waals surface area contributed by atoms with Gasteiger partial charge in [-0.25, -0.2) is 4.68 Å². The van der Waals surface area contributed by atoms with Gasteiger partial charge in [-0.1, -0.05) is 41.9 Å². The van der Waals surface area contributed by atoms with Gasteiger partial charge < -0.3 is 5.32 Å². The van der Waals surface area contributed by atoms with Crippen LogP contribution in [0.3, 0.4) is 0 Å². The van der Waals surface area contributed by atoms with Crippen molar-refractivity contribution in [3.63, 3.8) is 0 Å². The van der Waals surface area contributed by atoms with E-state index in [4.69, 9.17) is 11.6 Å². The molecule has 8 heteroatoms. The summed E-state index contributed by atoms with van der Waals surface area (Å²) in [6, 6.07) is 13.2. The fourth-order valence-corrected chi connectivity index (χ4v) is 2.66. The Balaban J connectivity index is 1.84. The zero-order valence-corrected chi connectivity index (χ0v) is 14.1. The van der Waals surface area contributed by atoms with Crippen molar-refractivity contribution >= 4 is 23.3 Å². The highest BCUT2D eigenvalue weighted by molar-refractivity contribution is 6.31. The first kappa shape index (κ1) is 18.0. The molecule has 1 aromatic heterocycles. The summed E-state index contributed by atoms with van der Waals surface area (Å²) in [5.74, 6) is -0.592. The molecule has 0 fully saturated rings. The van der Waals surface area contributed by atoms with Crippen LogP contribution in [0.25, 0.3) is 0 Å². The van der Waals surface area contributed by atoms with Crippen molar-refractivity contribution in [3.05, 3.63) is 82.5 Å². The molecule has 0 aliphatic heterocycles. The molecule has 0 radical (unpaired) electrons. The Morgan fingerprint density at radius 2 is 1.77 bits per heavy atom. The number of rotatable bonds is 4. The van der Waals surface area contributed by atoms with Crippen LogP contribution in [0.1, 0.15) is 21.5 Å². The number of amides is 1. The maximum atomic E-state index is 13.1. The van der Waals surface area contributed by atoms with E-state index < -0.39 is 23.2 Å². The fraction of sp³-hybridized carbons (Fsp3) is 0.111. The van der Waals surface area contributed by atoms with Gasteiger partial charge in [0.15, 0.2) is 0 Å². The normalized spacial score (nSPS) is 11.4. The number of carbonyl (C=O) groups excluding carboxylic acids is 1. The quantitative estimate of drug-likeness (QED) is 0.704. The monoisotopic (exact) mass is 379 g/mol. The summed E-state index contributed by atoms with van der Waals surface area (Å²) in [5.41, 5.74) is -0.677. The van der Waals surface area contributed by atoms with E-state index in [2.05, 4.69) is 10.4 Å². The van der Waals surface area contributed by atoms with Gasteiger partial charge in [-0.05, 0) is 23.8 Å². The molecule has 0 bridgehead atoms. The first-order valence-corrected chi connectivity index (χ1v) is 7.97. The molecule has 1 amide bonds. The number of hydrogen-bond donors (Lipinski definition) is 1. The van der Waals surface area contributed by atoms with Crippen LogP contribution in [0.5, 0.6) is 0 Å². The van der Waals surface area contributed by atoms with Crippen molar-refractivity contribution in [2.45, 2.75) is 12.7 Å². The van der Waals surface area contributed by atoms with Crippen LogP contribution < -0.4 is 5.32 Å². The number of nitrogens with zero attached hydrogens (tertiary/aromatic N) is 2. The van der Waals surface area contributed by atoms with Crippen molar-refractivity contribution in [1.29, 1.82) is 0 Å². The largest absolute Gasteiger partial charge is 0.417 e. The highest BCUT2D eigenvalue weighted by Crippen LogP contribution is 2.32. The first-order valence-electron chi connectivity index (χ1n) is 7.59. The zero-order chi connectivity index (χ0) is 18.7. The van der Waals surface area contributed by atoms with Gasteiger partial charge in [0.1, 0.15) is 5.82 Å². The summed E-state index contributed by atoms with van der Waals surface area (Å²) in [7, 11) is 0. The number of benzene rings is 2. The second-order valence-electron chi connectivity index (χ2n) is 5.46. The van der Waals surface area contributed by atoms with Crippen LogP contribution in [-0.2, 0) is 12.7 Å². The van der Waals surface area contributed by atoms with E-state index >= 15 is 0 Å². The van der Waals surface area contributed by atoms with Crippen LogP contribution in [0.2, 0.25) is 5.02 Å². The first-order chi connectivity index (χ1) is 12.4. The molecule has 0 saturated carbocycles. The molecule has 26 heavy (non-hydrogen) atoms. The summed E-state index contributed by atoms with van der Waals surface area (Å²) in [4.78, 5) is 12.4. The van der Waals surface area contributed by atoms with Gasteiger partial charge in [0.05, 0.1) is 23.9 Å². The predicted octanol–water partition coefficient (Wildman–Crippen LogP) is 4.86. The molecular weight excluding hydrogens is 367 g/mol. The topological polar surface area (TPSA) is 46.9 Å². The third-order valence-corrected chi connectivity index (χ3v) is 4.08. The second kappa shape index (κ2) is 7.21. The zero-order valence-electron chi connectivity index (χ0n) is 13.3. The summed E-state index contributed by atoms with van der Waals surface area (Å²) < 4.78 is 40.7. The van der Waals surface area contributed by atoms with Gasteiger partial charge in [-0.2, -0.15) is 18.3 Å². The highest BCUT2D eigenvalue weighted by atomic mass is 35.5. The van der Waals surface area contributed by atoms with Crippen LogP contribution in [0, 0.1) is 0 Å². The van der Waals surface area contributed by atoms with Gasteiger partial charge in [0.2, 0.25) is 0 Å². The Hall–Kier alpha value is -2.80. The average molecular weight is 380 g/mol. The van der Waals surface area contributed by atoms with Crippen LogP contribution in [0.4, 0.5) is 19.0 Å². The van der Waals surface area contributed by atoms with Crippen molar-refractivity contribution < 1.29 is 18.0 Å². The Kier molecular flexibility index (Phi) is 4.99. The molecule has 0 saturated heterocycles. The predicted molar refractivity (Wildman–Crippen MR) is 92.2 cm³/mol. The molecule has 0 unspecified atom stereocenters. The van der Waals surface area contributed by atoms with Crippen molar-refractivity contribution in [1.82, 2.24) is 9.78 Å². The van der Waals surface area contributed by atoms with Crippen molar-refractivity contribution in [3.8, 4) is 0 Å². The summed E-state index contributed by atoms with van der Waals surface area (Å²) in [6.07, 6.45) is -3.17. The third kappa shape index (κ3) is 3.88. The van der Waals surface area contributed by atoms with Gasteiger partial charge in [0, 0.05) is 11.1 Å². The standard InChI is InChI=1S/C18H13ClF3N3O/c19-15-8-4-1-5-12(15)11-25-16(9-10-23-25)24-17(26)13-6-2-3-7-14(13)18(20,21)22/h1-10H,11H2,(H,24,26). The maximum absolute atomic E-state index is 13.1. The van der Waals surface area contributed by atoms with E-state index in [0.717, 1.165) is 17.7 Å².